The average molecular weight is 204 g/mol. The minimum absolute atomic E-state index is 0.0871. The van der Waals surface area contributed by atoms with E-state index in [1.54, 1.807) is 6.33 Å². The van der Waals surface area contributed by atoms with Crippen molar-refractivity contribution < 1.29 is 0 Å². The summed E-state index contributed by atoms with van der Waals surface area (Å²) in [6.07, 6.45) is 8.91. The van der Waals surface area contributed by atoms with Crippen LogP contribution in [0.1, 0.15) is 49.3 Å². The molecule has 0 amide bonds. The molecule has 0 aliphatic heterocycles. The van der Waals surface area contributed by atoms with Crippen LogP contribution in [-0.4, -0.2) is 9.97 Å². The zero-order valence-corrected chi connectivity index (χ0v) is 8.83. The van der Waals surface area contributed by atoms with Crippen molar-refractivity contribution in [3.05, 3.63) is 27.9 Å². The molecule has 0 saturated heterocycles. The van der Waals surface area contributed by atoms with Crippen LogP contribution >= 0.6 is 0 Å². The van der Waals surface area contributed by atoms with E-state index >= 15 is 0 Å². The summed E-state index contributed by atoms with van der Waals surface area (Å²) in [5.41, 5.74) is 2.15. The van der Waals surface area contributed by atoms with Gasteiger partial charge in [-0.15, -0.1) is 0 Å². The summed E-state index contributed by atoms with van der Waals surface area (Å²) in [7, 11) is 0. The Morgan fingerprint density at radius 1 is 1.27 bits per heavy atom. The third-order valence-corrected chi connectivity index (χ3v) is 4.01. The molecule has 1 aromatic rings. The molecule has 0 aromatic carbocycles. The SMILES string of the molecule is O=c1[nH]cnc2c1CC[C@H]1CCCC[C@@H]21. The Balaban J connectivity index is 2.07. The van der Waals surface area contributed by atoms with Crippen LogP contribution < -0.4 is 5.56 Å². The van der Waals surface area contributed by atoms with Crippen molar-refractivity contribution in [1.29, 1.82) is 0 Å². The van der Waals surface area contributed by atoms with E-state index in [-0.39, 0.29) is 5.56 Å². The molecule has 0 radical (unpaired) electrons. The molecule has 0 spiro atoms. The second-order valence-electron chi connectivity index (χ2n) is 4.79. The highest BCUT2D eigenvalue weighted by atomic mass is 16.1. The van der Waals surface area contributed by atoms with E-state index in [1.165, 1.54) is 32.1 Å². The van der Waals surface area contributed by atoms with E-state index in [0.29, 0.717) is 5.92 Å². The Morgan fingerprint density at radius 2 is 2.13 bits per heavy atom. The first kappa shape index (κ1) is 9.13. The third kappa shape index (κ3) is 1.41. The number of aromatic amines is 1. The molecule has 2 atom stereocenters. The molecule has 15 heavy (non-hydrogen) atoms. The molecule has 0 bridgehead atoms. The molecule has 0 unspecified atom stereocenters. The molecular formula is C12H16N2O. The maximum atomic E-state index is 11.6. The molecule has 2 aliphatic carbocycles. The molecule has 3 heteroatoms. The zero-order chi connectivity index (χ0) is 10.3. The predicted octanol–water partition coefficient (Wildman–Crippen LogP) is 1.99. The summed E-state index contributed by atoms with van der Waals surface area (Å²) in [6.45, 7) is 0. The Hall–Kier alpha value is -1.12. The fourth-order valence-corrected chi connectivity index (χ4v) is 3.25. The second-order valence-corrected chi connectivity index (χ2v) is 4.79. The molecule has 1 aromatic heterocycles. The quantitative estimate of drug-likeness (QED) is 0.702. The smallest absolute Gasteiger partial charge is 0.254 e. The lowest BCUT2D eigenvalue weighted by molar-refractivity contribution is 0.269. The highest BCUT2D eigenvalue weighted by Gasteiger charge is 2.33. The van der Waals surface area contributed by atoms with Crippen molar-refractivity contribution in [2.45, 2.75) is 44.4 Å². The monoisotopic (exact) mass is 204 g/mol. The van der Waals surface area contributed by atoms with Crippen LogP contribution in [-0.2, 0) is 6.42 Å². The van der Waals surface area contributed by atoms with Gasteiger partial charge in [0, 0.05) is 11.5 Å². The van der Waals surface area contributed by atoms with Crippen molar-refractivity contribution in [2.75, 3.05) is 0 Å². The van der Waals surface area contributed by atoms with Gasteiger partial charge in [0.05, 0.1) is 12.0 Å². The lowest BCUT2D eigenvalue weighted by atomic mass is 9.70. The molecule has 2 aliphatic rings. The van der Waals surface area contributed by atoms with Crippen molar-refractivity contribution in [3.63, 3.8) is 0 Å². The number of hydrogen-bond acceptors (Lipinski definition) is 2. The molecule has 1 fully saturated rings. The number of H-pyrrole nitrogens is 1. The summed E-state index contributed by atoms with van der Waals surface area (Å²) in [5.74, 6) is 1.37. The Labute approximate surface area is 88.9 Å². The Kier molecular flexibility index (Phi) is 2.11. The van der Waals surface area contributed by atoms with Gasteiger partial charge in [0.2, 0.25) is 0 Å². The fourth-order valence-electron chi connectivity index (χ4n) is 3.25. The van der Waals surface area contributed by atoms with E-state index in [1.807, 2.05) is 0 Å². The maximum absolute atomic E-state index is 11.6. The first-order valence-electron chi connectivity index (χ1n) is 5.92. The lowest BCUT2D eigenvalue weighted by Crippen LogP contribution is -2.30. The lowest BCUT2D eigenvalue weighted by Gasteiger charge is -2.35. The summed E-state index contributed by atoms with van der Waals surface area (Å²) >= 11 is 0. The second kappa shape index (κ2) is 3.47. The zero-order valence-electron chi connectivity index (χ0n) is 8.83. The van der Waals surface area contributed by atoms with Crippen molar-refractivity contribution in [2.24, 2.45) is 5.92 Å². The van der Waals surface area contributed by atoms with Crippen LogP contribution in [0.4, 0.5) is 0 Å². The number of aromatic nitrogens is 2. The summed E-state index contributed by atoms with van der Waals surface area (Å²) in [4.78, 5) is 18.7. The van der Waals surface area contributed by atoms with Gasteiger partial charge in [0.1, 0.15) is 0 Å². The van der Waals surface area contributed by atoms with E-state index in [9.17, 15) is 4.79 Å². The Bertz CT molecular complexity index is 424. The first-order valence-corrected chi connectivity index (χ1v) is 5.92. The van der Waals surface area contributed by atoms with Crippen LogP contribution in [0.2, 0.25) is 0 Å². The molecule has 1 heterocycles. The molecule has 3 nitrogen and oxygen atoms in total. The van der Waals surface area contributed by atoms with Gasteiger partial charge in [0.25, 0.3) is 5.56 Å². The molecule has 80 valence electrons. The largest absolute Gasteiger partial charge is 0.313 e. The van der Waals surface area contributed by atoms with Crippen molar-refractivity contribution in [3.8, 4) is 0 Å². The van der Waals surface area contributed by atoms with Gasteiger partial charge < -0.3 is 4.98 Å². The molecule has 1 N–H and O–H groups in total. The van der Waals surface area contributed by atoms with Crippen molar-refractivity contribution >= 4 is 0 Å². The van der Waals surface area contributed by atoms with Crippen LogP contribution in [0.25, 0.3) is 0 Å². The van der Waals surface area contributed by atoms with Crippen LogP contribution in [0, 0.1) is 5.92 Å². The third-order valence-electron chi connectivity index (χ3n) is 4.01. The minimum Gasteiger partial charge on any atom is -0.313 e. The van der Waals surface area contributed by atoms with E-state index in [4.69, 9.17) is 0 Å². The topological polar surface area (TPSA) is 45.8 Å². The summed E-state index contributed by atoms with van der Waals surface area (Å²) < 4.78 is 0. The van der Waals surface area contributed by atoms with Gasteiger partial charge in [0.15, 0.2) is 0 Å². The standard InChI is InChI=1S/C12H16N2O/c15-12-10-6-5-8-3-1-2-4-9(8)11(10)13-7-14-12/h7-9H,1-6H2,(H,13,14,15)/t8-,9-/m1/s1. The summed E-state index contributed by atoms with van der Waals surface area (Å²) in [5, 5.41) is 0. The number of nitrogens with zero attached hydrogens (tertiary/aromatic N) is 1. The van der Waals surface area contributed by atoms with E-state index < -0.39 is 0 Å². The Morgan fingerprint density at radius 3 is 3.07 bits per heavy atom. The predicted molar refractivity (Wildman–Crippen MR) is 57.9 cm³/mol. The highest BCUT2D eigenvalue weighted by molar-refractivity contribution is 5.25. The molecule has 1 saturated carbocycles. The normalized spacial score (nSPS) is 29.3. The molecular weight excluding hydrogens is 188 g/mol. The maximum Gasteiger partial charge on any atom is 0.254 e. The van der Waals surface area contributed by atoms with Crippen LogP contribution in [0.3, 0.4) is 0 Å². The highest BCUT2D eigenvalue weighted by Crippen LogP contribution is 2.42. The van der Waals surface area contributed by atoms with E-state index in [0.717, 1.165) is 23.6 Å². The summed E-state index contributed by atoms with van der Waals surface area (Å²) in [6, 6.07) is 0. The van der Waals surface area contributed by atoms with Crippen LogP contribution in [0.15, 0.2) is 11.1 Å². The number of hydrogen-bond donors (Lipinski definition) is 1. The van der Waals surface area contributed by atoms with Gasteiger partial charge in [-0.3, -0.25) is 4.79 Å². The number of nitrogens with one attached hydrogen (secondary N) is 1. The van der Waals surface area contributed by atoms with E-state index in [2.05, 4.69) is 9.97 Å². The average Bonchev–Trinajstić information content (AvgIpc) is 2.29. The van der Waals surface area contributed by atoms with Gasteiger partial charge in [-0.1, -0.05) is 12.8 Å². The number of fused-ring (bicyclic) bond motifs is 3. The first-order chi connectivity index (χ1) is 7.36. The van der Waals surface area contributed by atoms with Gasteiger partial charge in [-0.2, -0.15) is 0 Å². The van der Waals surface area contributed by atoms with Gasteiger partial charge in [-0.25, -0.2) is 4.98 Å². The van der Waals surface area contributed by atoms with Gasteiger partial charge in [-0.05, 0) is 31.6 Å². The van der Waals surface area contributed by atoms with Gasteiger partial charge >= 0.3 is 0 Å². The fraction of sp³-hybridized carbons (Fsp3) is 0.667. The minimum atomic E-state index is 0.0871. The van der Waals surface area contributed by atoms with Crippen LogP contribution in [0.5, 0.6) is 0 Å². The van der Waals surface area contributed by atoms with Crippen molar-refractivity contribution in [1.82, 2.24) is 9.97 Å². The number of rotatable bonds is 0. The molecule has 3 rings (SSSR count).